The van der Waals surface area contributed by atoms with Crippen molar-refractivity contribution in [3.63, 3.8) is 0 Å². The molecule has 0 aromatic heterocycles. The van der Waals surface area contributed by atoms with Gasteiger partial charge in [-0.3, -0.25) is 9.00 Å². The Hall–Kier alpha value is -2.24. The number of esters is 2. The maximum Gasteiger partial charge on any atom is 1.00 e. The SMILES string of the molecule is CC(C)(C)OC(=O)N1C(=O)CC[C@H]1C(=O)OCc1ccccc1.CC(C)(C)OC(=O)N[C@@H](CC/C([O-])=C/[S+](C)(C)=O)C(=O)OCc1ccccc1.CC(C)(C)[O-].CS(C)(C)(=O)I.[K+]. The van der Waals surface area contributed by atoms with Crippen LogP contribution in [0.2, 0.25) is 0 Å². The number of nitrogens with one attached hydrogen (secondary N) is 1. The van der Waals surface area contributed by atoms with Gasteiger partial charge in [0.1, 0.15) is 64.4 Å². The number of hydrogen-bond acceptors (Lipinski definition) is 13. The van der Waals surface area contributed by atoms with Crippen LogP contribution in [-0.2, 0) is 66.9 Å². The summed E-state index contributed by atoms with van der Waals surface area (Å²) in [5.74, 6) is -2.04. The molecule has 0 aliphatic carbocycles. The quantitative estimate of drug-likeness (QED) is 0.0652. The number of allylic oxidation sites excluding steroid dienone is 1. The van der Waals surface area contributed by atoms with E-state index in [1.54, 1.807) is 93.2 Å². The first-order chi connectivity index (χ1) is 27.9. The third-order valence-corrected chi connectivity index (χ3v) is 7.42. The fourth-order valence-electron chi connectivity index (χ4n) is 4.46. The van der Waals surface area contributed by atoms with E-state index in [9.17, 15) is 42.6 Å². The summed E-state index contributed by atoms with van der Waals surface area (Å²) >= 11 is 1.96. The van der Waals surface area contributed by atoms with Crippen molar-refractivity contribution in [2.75, 3.05) is 31.3 Å². The minimum absolute atomic E-state index is 0. The Bertz CT molecular complexity index is 1890. The van der Waals surface area contributed by atoms with E-state index in [2.05, 4.69) is 5.32 Å². The summed E-state index contributed by atoms with van der Waals surface area (Å²) in [6.07, 6.45) is 4.78. The average Bonchev–Trinajstić information content (AvgIpc) is 3.46. The summed E-state index contributed by atoms with van der Waals surface area (Å²) in [6.45, 7) is 15.3. The molecule has 2 aromatic rings. The van der Waals surface area contributed by atoms with Crippen LogP contribution in [0.4, 0.5) is 9.59 Å². The molecule has 1 fully saturated rings. The van der Waals surface area contributed by atoms with Crippen LogP contribution in [0.1, 0.15) is 99.1 Å². The van der Waals surface area contributed by atoms with Crippen molar-refractivity contribution in [3.8, 4) is 0 Å². The van der Waals surface area contributed by atoms with E-state index in [4.69, 9.17) is 18.9 Å². The van der Waals surface area contributed by atoms with Crippen molar-refractivity contribution >= 4 is 67.4 Å². The molecule has 15 nitrogen and oxygen atoms in total. The van der Waals surface area contributed by atoms with E-state index in [-0.39, 0.29) is 96.0 Å². The first-order valence-corrected chi connectivity index (χ1v) is 27.8. The number of amides is 3. The van der Waals surface area contributed by atoms with Gasteiger partial charge in [-0.05, 0) is 90.7 Å². The van der Waals surface area contributed by atoms with E-state index in [1.165, 1.54) is 12.5 Å². The Morgan fingerprint density at radius 3 is 1.67 bits per heavy atom. The maximum atomic E-state index is 12.4. The second-order valence-electron chi connectivity index (χ2n) is 18.5. The Morgan fingerprint density at radius 1 is 0.857 bits per heavy atom. The maximum absolute atomic E-state index is 12.4. The molecule has 1 saturated heterocycles. The summed E-state index contributed by atoms with van der Waals surface area (Å²) in [6, 6.07) is 16.3. The Morgan fingerprint density at radius 2 is 1.27 bits per heavy atom. The fourth-order valence-corrected chi connectivity index (χ4v) is 5.21. The molecule has 352 valence electrons. The number of carbonyl (C=O) groups is 5. The number of carbonyl (C=O) groups excluding carboxylic acids is 5. The minimum Gasteiger partial charge on any atom is -0.873 e. The number of rotatable bonds is 11. The third-order valence-electron chi connectivity index (χ3n) is 6.59. The summed E-state index contributed by atoms with van der Waals surface area (Å²) in [4.78, 5) is 61.6. The summed E-state index contributed by atoms with van der Waals surface area (Å²) in [7, 11) is -2.34. The van der Waals surface area contributed by atoms with Crippen LogP contribution in [0.15, 0.2) is 71.8 Å². The van der Waals surface area contributed by atoms with E-state index >= 15 is 0 Å². The van der Waals surface area contributed by atoms with Crippen molar-refractivity contribution in [1.82, 2.24) is 10.2 Å². The van der Waals surface area contributed by atoms with Gasteiger partial charge in [0.25, 0.3) is 0 Å². The van der Waals surface area contributed by atoms with E-state index in [1.807, 2.05) is 69.7 Å². The molecule has 1 N–H and O–H groups in total. The molecule has 0 bridgehead atoms. The zero-order chi connectivity index (χ0) is 48.4. The van der Waals surface area contributed by atoms with Gasteiger partial charge < -0.3 is 34.5 Å². The first-order valence-electron chi connectivity index (χ1n) is 19.7. The molecule has 1 heterocycles. The molecule has 3 rings (SSSR count). The zero-order valence-electron chi connectivity index (χ0n) is 39.7. The monoisotopic (exact) mass is 1060 g/mol. The molecule has 0 spiro atoms. The Kier molecular flexibility index (Phi) is 27.3. The first kappa shape index (κ1) is 62.8. The topological polar surface area (TPSA) is 218 Å². The normalized spacial score (nSPS) is 15.3. The predicted molar refractivity (Wildman–Crippen MR) is 249 cm³/mol. The van der Waals surface area contributed by atoms with Gasteiger partial charge in [-0.15, -0.1) is 9.81 Å². The van der Waals surface area contributed by atoms with Crippen LogP contribution >= 0.6 is 21.2 Å². The second kappa shape index (κ2) is 27.4. The van der Waals surface area contributed by atoms with Crippen LogP contribution in [0.25, 0.3) is 0 Å². The number of halogens is 1. The molecule has 19 heteroatoms. The molecule has 2 aromatic carbocycles. The number of imide groups is 1. The summed E-state index contributed by atoms with van der Waals surface area (Å²) in [5.41, 5.74) is -0.581. The Labute approximate surface area is 430 Å². The molecular formula is C44H68IKN2O13S2. The number of alkyl carbamates (subject to hydrolysis) is 1. The van der Waals surface area contributed by atoms with Gasteiger partial charge >= 0.3 is 75.5 Å². The summed E-state index contributed by atoms with van der Waals surface area (Å²) in [5, 5.41) is 25.7. The van der Waals surface area contributed by atoms with Crippen molar-refractivity contribution in [2.45, 2.75) is 130 Å². The number of ether oxygens (including phenoxy) is 4. The van der Waals surface area contributed by atoms with Gasteiger partial charge in [0, 0.05) is 27.6 Å². The van der Waals surface area contributed by atoms with Crippen molar-refractivity contribution < 1.29 is 113 Å². The van der Waals surface area contributed by atoms with Crippen molar-refractivity contribution in [3.05, 3.63) is 83.0 Å². The van der Waals surface area contributed by atoms with Crippen LogP contribution in [0.3, 0.4) is 0 Å². The van der Waals surface area contributed by atoms with Crippen molar-refractivity contribution in [2.24, 2.45) is 0 Å². The molecule has 63 heavy (non-hydrogen) atoms. The average molecular weight is 1060 g/mol. The van der Waals surface area contributed by atoms with Crippen molar-refractivity contribution in [1.29, 1.82) is 0 Å². The molecule has 0 radical (unpaired) electrons. The zero-order valence-corrected chi connectivity index (χ0v) is 46.6. The number of hydrogen-bond donors (Lipinski definition) is 1. The van der Waals surface area contributed by atoms with Crippen LogP contribution in [0, 0.1) is 0 Å². The smallest absolute Gasteiger partial charge is 0.873 e. The molecule has 0 saturated carbocycles. The standard InChI is InChI=1S/C20H29NO6S.C17H21NO5.C4H9O.C3H9IOS.K/c1-20(2,3)27-19(24)21-17(12-11-16(22)14-28(4,5)25)18(23)26-13-15-9-7-6-8-10-15;1-17(2,3)23-16(21)18-13(9-10-14(18)19)15(20)22-11-12-7-5-4-6-8-12;1-4(2,3)5;1-6(2,3,4)5;/h6-10,14,17H,11-13H2,1-5H3,(H-,21,22,24,25);4-8,13H,9-11H2,1-3H3;1-3H3;1-3H3;/q;;-1;;+1/t17-;13-;;;/m00.../s1. The Balaban J connectivity index is 0. The molecule has 2 atom stereocenters. The van der Waals surface area contributed by atoms with E-state index in [0.717, 1.165) is 21.4 Å². The molecule has 0 unspecified atom stereocenters. The van der Waals surface area contributed by atoms with Crippen LogP contribution < -0.4 is 66.9 Å². The van der Waals surface area contributed by atoms with Crippen LogP contribution in [0.5, 0.6) is 0 Å². The minimum atomic E-state index is -2.34. The number of nitrogens with zero attached hydrogens (tertiary/aromatic N) is 1. The third kappa shape index (κ3) is 37.7. The molecule has 1 aliphatic heterocycles. The fraction of sp³-hybridized carbons (Fsp3) is 0.568. The van der Waals surface area contributed by atoms with Gasteiger partial charge in [-0.25, -0.2) is 24.1 Å². The van der Waals surface area contributed by atoms with Gasteiger partial charge in [0.05, 0.1) is 0 Å². The molecule has 3 amide bonds. The van der Waals surface area contributed by atoms with Gasteiger partial charge in [-0.2, -0.15) is 0 Å². The predicted octanol–water partition coefficient (Wildman–Crippen LogP) is 3.22. The van der Waals surface area contributed by atoms with Gasteiger partial charge in [-0.1, -0.05) is 93.4 Å². The van der Waals surface area contributed by atoms with Crippen LogP contribution in [-0.4, -0.2) is 99.3 Å². The van der Waals surface area contributed by atoms with E-state index < -0.39 is 75.1 Å². The largest absolute Gasteiger partial charge is 1.00 e. The van der Waals surface area contributed by atoms with Gasteiger partial charge in [0.15, 0.2) is 0 Å². The van der Waals surface area contributed by atoms with E-state index in [0.29, 0.717) is 0 Å². The summed E-state index contributed by atoms with van der Waals surface area (Å²) < 4.78 is 43.4. The number of likely N-dealkylation sites (tertiary alicyclic amines) is 1. The number of benzene rings is 2. The molecule has 1 aliphatic rings. The van der Waals surface area contributed by atoms with Gasteiger partial charge in [0.2, 0.25) is 5.91 Å². The second-order valence-corrected chi connectivity index (χ2v) is 34.8. The molecular weight excluding hydrogens is 995 g/mol.